The molecule has 2 rings (SSSR count). The molecule has 0 aliphatic carbocycles. The lowest BCUT2D eigenvalue weighted by molar-refractivity contribution is 0.0935. The fourth-order valence-corrected chi connectivity index (χ4v) is 3.37. The molecule has 2 aromatic rings. The van der Waals surface area contributed by atoms with Crippen LogP contribution in [0.4, 0.5) is 8.78 Å². The molecule has 0 radical (unpaired) electrons. The van der Waals surface area contributed by atoms with Crippen molar-refractivity contribution < 1.29 is 26.4 Å². The van der Waals surface area contributed by atoms with E-state index in [2.05, 4.69) is 5.32 Å². The number of primary sulfonamides is 1. The highest BCUT2D eigenvalue weighted by atomic mass is 32.2. The number of sulfonamides is 1. The highest BCUT2D eigenvalue weighted by molar-refractivity contribution is 7.89. The number of furan rings is 1. The SMILES string of the molecule is Cc1oc(C)c(S(N)(=O)=O)c1C(=O)N[C@H](C)c1ccc(F)c(F)c1. The number of hydrogen-bond acceptors (Lipinski definition) is 4. The molecule has 1 aromatic carbocycles. The van der Waals surface area contributed by atoms with E-state index in [1.165, 1.54) is 19.9 Å². The van der Waals surface area contributed by atoms with Gasteiger partial charge in [-0.2, -0.15) is 0 Å². The number of rotatable bonds is 4. The van der Waals surface area contributed by atoms with Crippen LogP contribution in [0.2, 0.25) is 0 Å². The lowest BCUT2D eigenvalue weighted by atomic mass is 10.1. The zero-order valence-electron chi connectivity index (χ0n) is 13.2. The number of amides is 1. The summed E-state index contributed by atoms with van der Waals surface area (Å²) in [4.78, 5) is 12.0. The molecule has 0 bridgehead atoms. The van der Waals surface area contributed by atoms with E-state index < -0.39 is 38.5 Å². The van der Waals surface area contributed by atoms with E-state index in [4.69, 9.17) is 9.56 Å². The van der Waals surface area contributed by atoms with E-state index in [0.29, 0.717) is 5.56 Å². The van der Waals surface area contributed by atoms with Crippen LogP contribution in [0.15, 0.2) is 27.5 Å². The van der Waals surface area contributed by atoms with Crippen molar-refractivity contribution in [3.63, 3.8) is 0 Å². The number of carbonyl (C=O) groups is 1. The number of halogens is 2. The van der Waals surface area contributed by atoms with Crippen LogP contribution >= 0.6 is 0 Å². The van der Waals surface area contributed by atoms with Gasteiger partial charge in [0, 0.05) is 0 Å². The van der Waals surface area contributed by atoms with E-state index in [-0.39, 0.29) is 17.1 Å². The summed E-state index contributed by atoms with van der Waals surface area (Å²) in [6.45, 7) is 4.35. The lowest BCUT2D eigenvalue weighted by Crippen LogP contribution is -2.29. The summed E-state index contributed by atoms with van der Waals surface area (Å²) in [6.07, 6.45) is 0. The van der Waals surface area contributed by atoms with Crippen molar-refractivity contribution in [1.82, 2.24) is 5.32 Å². The van der Waals surface area contributed by atoms with E-state index >= 15 is 0 Å². The van der Waals surface area contributed by atoms with Crippen molar-refractivity contribution in [3.05, 3.63) is 52.5 Å². The molecule has 0 aliphatic heterocycles. The van der Waals surface area contributed by atoms with Crippen molar-refractivity contribution in [1.29, 1.82) is 0 Å². The second-order valence-electron chi connectivity index (χ2n) is 5.33. The van der Waals surface area contributed by atoms with Crippen molar-refractivity contribution >= 4 is 15.9 Å². The fourth-order valence-electron chi connectivity index (χ4n) is 2.40. The maximum absolute atomic E-state index is 13.3. The molecule has 1 heterocycles. The molecule has 0 unspecified atom stereocenters. The normalized spacial score (nSPS) is 12.9. The standard InChI is InChI=1S/C15H16F2N2O4S/c1-7(10-4-5-11(16)12(17)6-10)19-15(20)13-8(2)23-9(3)14(13)24(18,21)22/h4-7H,1-3H3,(H,19,20)(H2,18,21,22)/t7-/m1/s1. The average molecular weight is 358 g/mol. The van der Waals surface area contributed by atoms with Crippen LogP contribution < -0.4 is 10.5 Å². The van der Waals surface area contributed by atoms with Gasteiger partial charge in [0.15, 0.2) is 11.6 Å². The Morgan fingerprint density at radius 3 is 2.38 bits per heavy atom. The van der Waals surface area contributed by atoms with Crippen LogP contribution in [0.25, 0.3) is 0 Å². The number of nitrogens with two attached hydrogens (primary N) is 1. The molecular weight excluding hydrogens is 342 g/mol. The van der Waals surface area contributed by atoms with Gasteiger partial charge in [0.25, 0.3) is 5.91 Å². The first-order chi connectivity index (χ1) is 11.0. The lowest BCUT2D eigenvalue weighted by Gasteiger charge is -2.15. The second-order valence-corrected chi connectivity index (χ2v) is 6.83. The first-order valence-corrected chi connectivity index (χ1v) is 8.45. The minimum atomic E-state index is -4.17. The van der Waals surface area contributed by atoms with Crippen LogP contribution in [-0.4, -0.2) is 14.3 Å². The minimum absolute atomic E-state index is 0.000583. The summed E-state index contributed by atoms with van der Waals surface area (Å²) in [7, 11) is -4.17. The Labute approximate surface area is 137 Å². The van der Waals surface area contributed by atoms with E-state index in [9.17, 15) is 22.0 Å². The van der Waals surface area contributed by atoms with Crippen LogP contribution in [0.1, 0.15) is 40.4 Å². The summed E-state index contributed by atoms with van der Waals surface area (Å²) < 4.78 is 54.8. The number of aryl methyl sites for hydroxylation is 2. The Morgan fingerprint density at radius 1 is 1.21 bits per heavy atom. The van der Waals surface area contributed by atoms with Gasteiger partial charge in [0.05, 0.1) is 6.04 Å². The molecule has 0 spiro atoms. The van der Waals surface area contributed by atoms with Crippen molar-refractivity contribution in [3.8, 4) is 0 Å². The average Bonchev–Trinajstić information content (AvgIpc) is 2.76. The number of benzene rings is 1. The summed E-state index contributed by atoms with van der Waals surface area (Å²) in [5.74, 6) is -2.71. The third-order valence-corrected chi connectivity index (χ3v) is 4.57. The zero-order chi connectivity index (χ0) is 18.2. The van der Waals surface area contributed by atoms with Crippen molar-refractivity contribution in [2.75, 3.05) is 0 Å². The monoisotopic (exact) mass is 358 g/mol. The fraction of sp³-hybridized carbons (Fsp3) is 0.267. The summed E-state index contributed by atoms with van der Waals surface area (Å²) in [5, 5.41) is 7.65. The molecule has 1 aromatic heterocycles. The molecule has 0 saturated heterocycles. The summed E-state index contributed by atoms with van der Waals surface area (Å²) >= 11 is 0. The predicted octanol–water partition coefficient (Wildman–Crippen LogP) is 2.31. The third-order valence-electron chi connectivity index (χ3n) is 3.51. The maximum Gasteiger partial charge on any atom is 0.256 e. The maximum atomic E-state index is 13.3. The molecule has 0 saturated carbocycles. The topological polar surface area (TPSA) is 102 Å². The van der Waals surface area contributed by atoms with Crippen LogP contribution in [-0.2, 0) is 10.0 Å². The Kier molecular flexibility index (Phi) is 4.77. The quantitative estimate of drug-likeness (QED) is 0.875. The van der Waals surface area contributed by atoms with Gasteiger partial charge in [0.2, 0.25) is 10.0 Å². The Hall–Kier alpha value is -2.26. The van der Waals surface area contributed by atoms with E-state index in [0.717, 1.165) is 12.1 Å². The minimum Gasteiger partial charge on any atom is -0.464 e. The van der Waals surface area contributed by atoms with Crippen LogP contribution in [0, 0.1) is 25.5 Å². The van der Waals surface area contributed by atoms with E-state index in [1.54, 1.807) is 6.92 Å². The van der Waals surface area contributed by atoms with Gasteiger partial charge in [-0.05, 0) is 38.5 Å². The molecule has 24 heavy (non-hydrogen) atoms. The predicted molar refractivity (Wildman–Crippen MR) is 81.8 cm³/mol. The summed E-state index contributed by atoms with van der Waals surface area (Å²) in [6, 6.07) is 2.51. The van der Waals surface area contributed by atoms with Crippen molar-refractivity contribution in [2.24, 2.45) is 5.14 Å². The number of hydrogen-bond donors (Lipinski definition) is 2. The Balaban J connectivity index is 2.35. The van der Waals surface area contributed by atoms with Crippen molar-refractivity contribution in [2.45, 2.75) is 31.7 Å². The molecule has 1 atom stereocenters. The second kappa shape index (κ2) is 6.33. The van der Waals surface area contributed by atoms with Gasteiger partial charge >= 0.3 is 0 Å². The molecule has 0 aliphatic rings. The third kappa shape index (κ3) is 3.46. The molecule has 3 N–H and O–H groups in total. The highest BCUT2D eigenvalue weighted by Gasteiger charge is 2.29. The first kappa shape index (κ1) is 18.1. The molecule has 9 heteroatoms. The highest BCUT2D eigenvalue weighted by Crippen LogP contribution is 2.26. The Morgan fingerprint density at radius 2 is 1.83 bits per heavy atom. The smallest absolute Gasteiger partial charge is 0.256 e. The largest absolute Gasteiger partial charge is 0.464 e. The number of carbonyl (C=O) groups excluding carboxylic acids is 1. The zero-order valence-corrected chi connectivity index (χ0v) is 14.0. The van der Waals surface area contributed by atoms with Gasteiger partial charge < -0.3 is 9.73 Å². The van der Waals surface area contributed by atoms with Crippen LogP contribution in [0.5, 0.6) is 0 Å². The van der Waals surface area contributed by atoms with Gasteiger partial charge in [-0.1, -0.05) is 6.07 Å². The van der Waals surface area contributed by atoms with Gasteiger partial charge in [-0.25, -0.2) is 22.3 Å². The van der Waals surface area contributed by atoms with E-state index in [1.807, 2.05) is 0 Å². The Bertz CT molecular complexity index is 906. The molecule has 0 fully saturated rings. The summed E-state index contributed by atoms with van der Waals surface area (Å²) in [5.41, 5.74) is 0.113. The molecule has 130 valence electrons. The molecule has 1 amide bonds. The first-order valence-electron chi connectivity index (χ1n) is 6.91. The van der Waals surface area contributed by atoms with Gasteiger partial charge in [0.1, 0.15) is 22.0 Å². The van der Waals surface area contributed by atoms with Gasteiger partial charge in [-0.15, -0.1) is 0 Å². The van der Waals surface area contributed by atoms with Gasteiger partial charge in [-0.3, -0.25) is 4.79 Å². The number of nitrogens with one attached hydrogen (secondary N) is 1. The molecule has 6 nitrogen and oxygen atoms in total. The van der Waals surface area contributed by atoms with Crippen LogP contribution in [0.3, 0.4) is 0 Å². The molecular formula is C15H16F2N2O4S.